The lowest BCUT2D eigenvalue weighted by molar-refractivity contribution is 0.0953. The summed E-state index contributed by atoms with van der Waals surface area (Å²) >= 11 is 1.73. The predicted molar refractivity (Wildman–Crippen MR) is 98.5 cm³/mol. The zero-order valence-corrected chi connectivity index (χ0v) is 15.3. The van der Waals surface area contributed by atoms with Crippen LogP contribution in [0.3, 0.4) is 0 Å². The van der Waals surface area contributed by atoms with Gasteiger partial charge in [-0.05, 0) is 49.2 Å². The van der Waals surface area contributed by atoms with Crippen LogP contribution < -0.4 is 14.8 Å². The second-order valence-electron chi connectivity index (χ2n) is 5.42. The van der Waals surface area contributed by atoms with Gasteiger partial charge in [0.05, 0.1) is 19.8 Å². The van der Waals surface area contributed by atoms with E-state index < -0.39 is 0 Å². The van der Waals surface area contributed by atoms with Crippen LogP contribution in [0.2, 0.25) is 0 Å². The van der Waals surface area contributed by atoms with Gasteiger partial charge in [-0.2, -0.15) is 0 Å². The van der Waals surface area contributed by atoms with E-state index in [2.05, 4.69) is 37.4 Å². The summed E-state index contributed by atoms with van der Waals surface area (Å²) in [6.07, 6.45) is 0. The molecule has 0 fully saturated rings. The number of methoxy groups -OCH3 is 2. The average molecular weight is 345 g/mol. The van der Waals surface area contributed by atoms with Crippen LogP contribution >= 0.6 is 11.8 Å². The van der Waals surface area contributed by atoms with Crippen LogP contribution in [-0.4, -0.2) is 32.4 Å². The third-order valence-electron chi connectivity index (χ3n) is 3.79. The molecule has 0 aromatic heterocycles. The molecule has 0 saturated heterocycles. The molecule has 2 rings (SSSR count). The van der Waals surface area contributed by atoms with Crippen molar-refractivity contribution < 1.29 is 14.3 Å². The van der Waals surface area contributed by atoms with Gasteiger partial charge in [-0.25, -0.2) is 0 Å². The molecular weight excluding hydrogens is 322 g/mol. The molecule has 0 spiro atoms. The van der Waals surface area contributed by atoms with Gasteiger partial charge < -0.3 is 14.8 Å². The first-order valence-corrected chi connectivity index (χ1v) is 8.74. The molecule has 0 bridgehead atoms. The highest BCUT2D eigenvalue weighted by Gasteiger charge is 2.12. The summed E-state index contributed by atoms with van der Waals surface area (Å²) < 4.78 is 10.4. The summed E-state index contributed by atoms with van der Waals surface area (Å²) in [5.74, 6) is 1.84. The molecule has 0 aliphatic rings. The Morgan fingerprint density at radius 3 is 2.50 bits per heavy atom. The van der Waals surface area contributed by atoms with Crippen molar-refractivity contribution in [2.24, 2.45) is 0 Å². The van der Waals surface area contributed by atoms with Crippen molar-refractivity contribution in [3.05, 3.63) is 53.1 Å². The molecule has 1 amide bonds. The Morgan fingerprint density at radius 2 is 1.83 bits per heavy atom. The number of carbonyl (C=O) groups excluding carboxylic acids is 1. The number of ether oxygens (including phenoxy) is 2. The second-order valence-corrected chi connectivity index (χ2v) is 6.58. The highest BCUT2D eigenvalue weighted by Crippen LogP contribution is 2.24. The van der Waals surface area contributed by atoms with Crippen LogP contribution in [0, 0.1) is 13.8 Å². The van der Waals surface area contributed by atoms with Gasteiger partial charge in [0.25, 0.3) is 5.91 Å². The van der Waals surface area contributed by atoms with E-state index in [1.165, 1.54) is 16.0 Å². The molecule has 24 heavy (non-hydrogen) atoms. The molecule has 2 aromatic carbocycles. The predicted octanol–water partition coefficient (Wildman–Crippen LogP) is 3.84. The number of carbonyl (C=O) groups is 1. The molecule has 2 aromatic rings. The SMILES string of the molecule is COc1ccc(C(=O)NCCSc2ccc(C)c(C)c2)c(OC)c1. The summed E-state index contributed by atoms with van der Waals surface area (Å²) in [5.41, 5.74) is 3.08. The summed E-state index contributed by atoms with van der Waals surface area (Å²) in [7, 11) is 3.12. The van der Waals surface area contributed by atoms with Gasteiger partial charge in [0.15, 0.2) is 0 Å². The fourth-order valence-corrected chi connectivity index (χ4v) is 3.08. The van der Waals surface area contributed by atoms with Gasteiger partial charge in [-0.15, -0.1) is 11.8 Å². The summed E-state index contributed by atoms with van der Waals surface area (Å²) in [6.45, 7) is 4.80. The lowest BCUT2D eigenvalue weighted by atomic mass is 10.1. The third kappa shape index (κ3) is 4.68. The smallest absolute Gasteiger partial charge is 0.255 e. The number of hydrogen-bond acceptors (Lipinski definition) is 4. The number of rotatable bonds is 7. The minimum atomic E-state index is -0.143. The van der Waals surface area contributed by atoms with E-state index in [0.29, 0.717) is 23.6 Å². The van der Waals surface area contributed by atoms with Crippen LogP contribution in [0.4, 0.5) is 0 Å². The molecule has 0 saturated carbocycles. The van der Waals surface area contributed by atoms with Crippen molar-refractivity contribution in [2.45, 2.75) is 18.7 Å². The van der Waals surface area contributed by atoms with Gasteiger partial charge >= 0.3 is 0 Å². The van der Waals surface area contributed by atoms with Gasteiger partial charge in [0.2, 0.25) is 0 Å². The first kappa shape index (κ1) is 18.2. The van der Waals surface area contributed by atoms with E-state index in [1.54, 1.807) is 44.2 Å². The van der Waals surface area contributed by atoms with E-state index >= 15 is 0 Å². The van der Waals surface area contributed by atoms with Crippen LogP contribution in [-0.2, 0) is 0 Å². The van der Waals surface area contributed by atoms with Crippen molar-refractivity contribution in [3.63, 3.8) is 0 Å². The number of aryl methyl sites for hydroxylation is 2. The quantitative estimate of drug-likeness (QED) is 0.612. The normalized spacial score (nSPS) is 10.3. The van der Waals surface area contributed by atoms with Gasteiger partial charge in [0.1, 0.15) is 11.5 Å². The molecule has 1 N–H and O–H groups in total. The Labute approximate surface area is 147 Å². The molecule has 128 valence electrons. The Morgan fingerprint density at radius 1 is 1.04 bits per heavy atom. The van der Waals surface area contributed by atoms with Crippen LogP contribution in [0.1, 0.15) is 21.5 Å². The molecule has 0 radical (unpaired) electrons. The maximum Gasteiger partial charge on any atom is 0.255 e. The highest BCUT2D eigenvalue weighted by atomic mass is 32.2. The Kier molecular flexibility index (Phi) is 6.55. The maximum atomic E-state index is 12.3. The fourth-order valence-electron chi connectivity index (χ4n) is 2.22. The topological polar surface area (TPSA) is 47.6 Å². The Balaban J connectivity index is 1.88. The maximum absolute atomic E-state index is 12.3. The van der Waals surface area contributed by atoms with E-state index in [9.17, 15) is 4.79 Å². The van der Waals surface area contributed by atoms with Gasteiger partial charge in [-0.1, -0.05) is 6.07 Å². The molecule has 0 heterocycles. The number of benzene rings is 2. The molecule has 0 aliphatic carbocycles. The first-order chi connectivity index (χ1) is 11.5. The Hall–Kier alpha value is -2.14. The molecular formula is C19H23NO3S. The second kappa shape index (κ2) is 8.64. The lowest BCUT2D eigenvalue weighted by Gasteiger charge is -2.11. The zero-order chi connectivity index (χ0) is 17.5. The Bertz CT molecular complexity index is 716. The number of amides is 1. The number of thioether (sulfide) groups is 1. The van der Waals surface area contributed by atoms with Crippen LogP contribution in [0.15, 0.2) is 41.3 Å². The zero-order valence-electron chi connectivity index (χ0n) is 14.5. The largest absolute Gasteiger partial charge is 0.497 e. The van der Waals surface area contributed by atoms with E-state index in [0.717, 1.165) is 5.75 Å². The molecule has 0 atom stereocenters. The minimum absolute atomic E-state index is 0.143. The third-order valence-corrected chi connectivity index (χ3v) is 4.78. The van der Waals surface area contributed by atoms with Crippen molar-refractivity contribution in [1.29, 1.82) is 0 Å². The fraction of sp³-hybridized carbons (Fsp3) is 0.316. The van der Waals surface area contributed by atoms with E-state index in [-0.39, 0.29) is 5.91 Å². The van der Waals surface area contributed by atoms with Crippen molar-refractivity contribution in [1.82, 2.24) is 5.32 Å². The average Bonchev–Trinajstić information content (AvgIpc) is 2.60. The van der Waals surface area contributed by atoms with Crippen LogP contribution in [0.5, 0.6) is 11.5 Å². The van der Waals surface area contributed by atoms with E-state index in [4.69, 9.17) is 9.47 Å². The van der Waals surface area contributed by atoms with Gasteiger partial charge in [-0.3, -0.25) is 4.79 Å². The summed E-state index contributed by atoms with van der Waals surface area (Å²) in [5, 5.41) is 2.93. The van der Waals surface area contributed by atoms with Gasteiger partial charge in [0, 0.05) is 23.3 Å². The minimum Gasteiger partial charge on any atom is -0.497 e. The summed E-state index contributed by atoms with van der Waals surface area (Å²) in [6, 6.07) is 11.6. The van der Waals surface area contributed by atoms with E-state index in [1.807, 2.05) is 0 Å². The highest BCUT2D eigenvalue weighted by molar-refractivity contribution is 7.99. The number of hydrogen-bond donors (Lipinski definition) is 1. The first-order valence-electron chi connectivity index (χ1n) is 7.75. The van der Waals surface area contributed by atoms with Crippen molar-refractivity contribution >= 4 is 17.7 Å². The van der Waals surface area contributed by atoms with Crippen LogP contribution in [0.25, 0.3) is 0 Å². The molecule has 0 aliphatic heterocycles. The standard InChI is InChI=1S/C19H23NO3S/c1-13-5-7-16(11-14(13)2)24-10-9-20-19(21)17-8-6-15(22-3)12-18(17)23-4/h5-8,11-12H,9-10H2,1-4H3,(H,20,21). The van der Waals surface area contributed by atoms with Crippen molar-refractivity contribution in [2.75, 3.05) is 26.5 Å². The molecule has 4 nitrogen and oxygen atoms in total. The lowest BCUT2D eigenvalue weighted by Crippen LogP contribution is -2.26. The molecule has 5 heteroatoms. The monoisotopic (exact) mass is 345 g/mol. The van der Waals surface area contributed by atoms with Crippen molar-refractivity contribution in [3.8, 4) is 11.5 Å². The number of nitrogens with one attached hydrogen (secondary N) is 1. The molecule has 0 unspecified atom stereocenters. The summed E-state index contributed by atoms with van der Waals surface area (Å²) in [4.78, 5) is 13.5.